The van der Waals surface area contributed by atoms with Gasteiger partial charge >= 0.3 is 5.97 Å². The number of imidazole rings is 1. The normalized spacial score (nSPS) is 12.4. The van der Waals surface area contributed by atoms with Gasteiger partial charge in [0, 0.05) is 18.1 Å². The van der Waals surface area contributed by atoms with E-state index in [1.165, 1.54) is 6.08 Å². The summed E-state index contributed by atoms with van der Waals surface area (Å²) in [5.41, 5.74) is 7.85. The molecule has 148 valence electrons. The van der Waals surface area contributed by atoms with E-state index in [0.717, 1.165) is 17.0 Å². The lowest BCUT2D eigenvalue weighted by Gasteiger charge is -2.20. The fourth-order valence-corrected chi connectivity index (χ4v) is 3.11. The Morgan fingerprint density at radius 2 is 2.11 bits per heavy atom. The summed E-state index contributed by atoms with van der Waals surface area (Å²) in [4.78, 5) is 19.8. The topological polar surface area (TPSA) is 123 Å². The van der Waals surface area contributed by atoms with Crippen LogP contribution >= 0.6 is 0 Å². The lowest BCUT2D eigenvalue weighted by molar-refractivity contribution is -0.131. The van der Waals surface area contributed by atoms with Crippen LogP contribution in [0.3, 0.4) is 0 Å². The van der Waals surface area contributed by atoms with Crippen molar-refractivity contribution in [3.8, 4) is 0 Å². The first-order valence-corrected chi connectivity index (χ1v) is 8.99. The number of fused-ring (bicyclic) bond motifs is 3. The quantitative estimate of drug-likeness (QED) is 0.535. The number of anilines is 1. The maximum Gasteiger partial charge on any atom is 0.328 e. The Labute approximate surface area is 162 Å². The summed E-state index contributed by atoms with van der Waals surface area (Å²) in [5, 5.41) is 20.0. The molecule has 1 aromatic carbocycles. The number of carboxylic acids is 1. The largest absolute Gasteiger partial charge is 0.478 e. The van der Waals surface area contributed by atoms with Gasteiger partial charge in [0.1, 0.15) is 17.9 Å². The van der Waals surface area contributed by atoms with Gasteiger partial charge < -0.3 is 25.3 Å². The van der Waals surface area contributed by atoms with Crippen LogP contribution in [0.4, 0.5) is 5.82 Å². The van der Waals surface area contributed by atoms with Crippen LogP contribution < -0.4 is 5.73 Å². The van der Waals surface area contributed by atoms with Crippen molar-refractivity contribution in [3.63, 3.8) is 0 Å². The first-order chi connectivity index (χ1) is 13.2. The molecule has 3 aromatic rings. The van der Waals surface area contributed by atoms with E-state index in [9.17, 15) is 9.90 Å². The monoisotopic (exact) mass is 384 g/mol. The molecule has 0 amide bonds. The van der Waals surface area contributed by atoms with Gasteiger partial charge in [0.2, 0.25) is 0 Å². The molecule has 3 rings (SSSR count). The molecule has 8 heteroatoms. The number of aliphatic hydroxyl groups is 1. The molecule has 0 radical (unpaired) electrons. The Morgan fingerprint density at radius 3 is 2.75 bits per heavy atom. The average molecular weight is 384 g/mol. The van der Waals surface area contributed by atoms with Crippen LogP contribution in [0, 0.1) is 0 Å². The molecular weight excluding hydrogens is 360 g/mol. The molecule has 28 heavy (non-hydrogen) atoms. The highest BCUT2D eigenvalue weighted by Crippen LogP contribution is 2.31. The summed E-state index contributed by atoms with van der Waals surface area (Å²) in [6, 6.07) is 5.44. The Kier molecular flexibility index (Phi) is 5.35. The molecule has 0 saturated carbocycles. The van der Waals surface area contributed by atoms with Gasteiger partial charge in [0.25, 0.3) is 0 Å². The second kappa shape index (κ2) is 7.57. The number of carbonyl (C=O) groups is 1. The molecule has 0 unspecified atom stereocenters. The molecule has 8 nitrogen and oxygen atoms in total. The average Bonchev–Trinajstić information content (AvgIpc) is 2.95. The summed E-state index contributed by atoms with van der Waals surface area (Å²) in [5.74, 6) is -0.0872. The van der Waals surface area contributed by atoms with Gasteiger partial charge in [-0.05, 0) is 38.5 Å². The molecular formula is C20H24N4O4. The third-order valence-electron chi connectivity index (χ3n) is 4.21. The van der Waals surface area contributed by atoms with Crippen molar-refractivity contribution in [2.75, 3.05) is 12.3 Å². The van der Waals surface area contributed by atoms with E-state index in [0.29, 0.717) is 42.2 Å². The van der Waals surface area contributed by atoms with E-state index < -0.39 is 11.6 Å². The van der Waals surface area contributed by atoms with Gasteiger partial charge in [0.15, 0.2) is 5.82 Å². The van der Waals surface area contributed by atoms with Crippen LogP contribution in [0.25, 0.3) is 28.0 Å². The van der Waals surface area contributed by atoms with Gasteiger partial charge in [-0.3, -0.25) is 0 Å². The number of hydrogen-bond donors (Lipinski definition) is 3. The minimum atomic E-state index is -1.02. The SMILES string of the molecule is CCOCc1nc2c(N)nc3cc(/C=C/C(=O)O)ccc3c2n1CC(C)(C)O. The summed E-state index contributed by atoms with van der Waals surface area (Å²) in [7, 11) is 0. The van der Waals surface area contributed by atoms with E-state index in [-0.39, 0.29) is 5.82 Å². The molecule has 4 N–H and O–H groups in total. The van der Waals surface area contributed by atoms with E-state index in [2.05, 4.69) is 9.97 Å². The number of carboxylic acid groups (broad SMARTS) is 1. The van der Waals surface area contributed by atoms with Crippen LogP contribution in [-0.2, 0) is 22.7 Å². The molecule has 0 fully saturated rings. The van der Waals surface area contributed by atoms with Crippen LogP contribution in [0.15, 0.2) is 24.3 Å². The maximum absolute atomic E-state index is 10.8. The number of nitrogens with zero attached hydrogens (tertiary/aromatic N) is 3. The standard InChI is InChI=1S/C20H24N4O4/c1-4-28-10-15-23-17-18(24(15)11-20(2,3)27)13-7-5-12(6-8-16(25)26)9-14(13)22-19(17)21/h5-9,27H,4,10-11H2,1-3H3,(H2,21,22)(H,25,26)/b8-6+. The molecule has 0 aliphatic carbocycles. The highest BCUT2D eigenvalue weighted by molar-refractivity contribution is 6.07. The Morgan fingerprint density at radius 1 is 1.36 bits per heavy atom. The third-order valence-corrected chi connectivity index (χ3v) is 4.21. The highest BCUT2D eigenvalue weighted by Gasteiger charge is 2.22. The van der Waals surface area contributed by atoms with Gasteiger partial charge in [-0.2, -0.15) is 0 Å². The maximum atomic E-state index is 10.8. The fourth-order valence-electron chi connectivity index (χ4n) is 3.11. The lowest BCUT2D eigenvalue weighted by atomic mass is 10.1. The zero-order valence-electron chi connectivity index (χ0n) is 16.1. The molecule has 0 bridgehead atoms. The van der Waals surface area contributed by atoms with E-state index in [1.54, 1.807) is 19.9 Å². The van der Waals surface area contributed by atoms with Crippen molar-refractivity contribution in [1.29, 1.82) is 0 Å². The summed E-state index contributed by atoms with van der Waals surface area (Å²) >= 11 is 0. The molecule has 0 aliphatic heterocycles. The number of ether oxygens (including phenoxy) is 1. The number of pyridine rings is 1. The number of aromatic nitrogens is 3. The van der Waals surface area contributed by atoms with Crippen molar-refractivity contribution in [2.24, 2.45) is 0 Å². The molecule has 0 saturated heterocycles. The van der Waals surface area contributed by atoms with Crippen LogP contribution in [0.1, 0.15) is 32.2 Å². The third kappa shape index (κ3) is 4.13. The van der Waals surface area contributed by atoms with Gasteiger partial charge in [-0.1, -0.05) is 12.1 Å². The van der Waals surface area contributed by atoms with E-state index in [1.807, 2.05) is 23.6 Å². The molecule has 0 aliphatic rings. The molecule has 0 spiro atoms. The summed E-state index contributed by atoms with van der Waals surface area (Å²) in [6.45, 7) is 6.50. The number of aliphatic carboxylic acids is 1. The van der Waals surface area contributed by atoms with Gasteiger partial charge in [-0.25, -0.2) is 14.8 Å². The number of hydrogen-bond acceptors (Lipinski definition) is 6. The number of benzene rings is 1. The Hall–Kier alpha value is -2.97. The Balaban J connectivity index is 2.26. The summed E-state index contributed by atoms with van der Waals surface area (Å²) < 4.78 is 7.45. The first-order valence-electron chi connectivity index (χ1n) is 8.99. The highest BCUT2D eigenvalue weighted by atomic mass is 16.5. The molecule has 2 heterocycles. The van der Waals surface area contributed by atoms with Crippen molar-refractivity contribution < 1.29 is 19.7 Å². The number of nitrogen functional groups attached to an aromatic ring is 1. The van der Waals surface area contributed by atoms with Gasteiger partial charge in [-0.15, -0.1) is 0 Å². The zero-order valence-corrected chi connectivity index (χ0v) is 16.1. The summed E-state index contributed by atoms with van der Waals surface area (Å²) in [6.07, 6.45) is 2.57. The Bertz CT molecular complexity index is 1060. The van der Waals surface area contributed by atoms with Crippen molar-refractivity contribution in [2.45, 2.75) is 39.5 Å². The van der Waals surface area contributed by atoms with Crippen LogP contribution in [-0.4, -0.2) is 42.9 Å². The van der Waals surface area contributed by atoms with Crippen molar-refractivity contribution in [1.82, 2.24) is 14.5 Å². The van der Waals surface area contributed by atoms with E-state index in [4.69, 9.17) is 15.6 Å². The van der Waals surface area contributed by atoms with E-state index >= 15 is 0 Å². The van der Waals surface area contributed by atoms with Crippen LogP contribution in [0.5, 0.6) is 0 Å². The molecule has 2 aromatic heterocycles. The van der Waals surface area contributed by atoms with Gasteiger partial charge in [0.05, 0.1) is 23.2 Å². The zero-order chi connectivity index (χ0) is 20.5. The first kappa shape index (κ1) is 19.8. The predicted molar refractivity (Wildman–Crippen MR) is 108 cm³/mol. The minimum absolute atomic E-state index is 0.272. The van der Waals surface area contributed by atoms with Crippen molar-refractivity contribution in [3.05, 3.63) is 35.7 Å². The number of rotatable bonds is 7. The predicted octanol–water partition coefficient (Wildman–Crippen LogP) is 2.57. The second-order valence-corrected chi connectivity index (χ2v) is 7.21. The second-order valence-electron chi connectivity index (χ2n) is 7.21. The molecule has 0 atom stereocenters. The fraction of sp³-hybridized carbons (Fsp3) is 0.350. The smallest absolute Gasteiger partial charge is 0.328 e. The number of nitrogens with two attached hydrogens (primary N) is 1. The van der Waals surface area contributed by atoms with Crippen LogP contribution in [0.2, 0.25) is 0 Å². The van der Waals surface area contributed by atoms with Crippen molar-refractivity contribution >= 4 is 39.8 Å². The lowest BCUT2D eigenvalue weighted by Crippen LogP contribution is -2.27. The minimum Gasteiger partial charge on any atom is -0.478 e.